The number of carbonyl (C=O) groups is 2. The van der Waals surface area contributed by atoms with Crippen molar-refractivity contribution in [1.82, 2.24) is 9.80 Å². The number of hydrogen-bond donors (Lipinski definition) is 1. The van der Waals surface area contributed by atoms with E-state index in [0.29, 0.717) is 24.5 Å². The van der Waals surface area contributed by atoms with Gasteiger partial charge >= 0.3 is 0 Å². The van der Waals surface area contributed by atoms with Gasteiger partial charge < -0.3 is 10.6 Å². The highest BCUT2D eigenvalue weighted by atomic mass is 16.2. The molecule has 0 heterocycles. The van der Waals surface area contributed by atoms with E-state index in [1.54, 1.807) is 0 Å². The maximum Gasteiger partial charge on any atom is 0.237 e. The molecule has 0 unspecified atom stereocenters. The highest BCUT2D eigenvalue weighted by Crippen LogP contribution is 2.34. The number of amides is 2. The van der Waals surface area contributed by atoms with Crippen LogP contribution >= 0.6 is 0 Å². The number of carbonyl (C=O) groups excluding carboxylic acids is 2. The van der Waals surface area contributed by atoms with Crippen molar-refractivity contribution >= 4 is 11.8 Å². The van der Waals surface area contributed by atoms with E-state index in [-0.39, 0.29) is 18.4 Å². The molecule has 2 rings (SSSR count). The molecule has 0 spiro atoms. The molecule has 2 aliphatic rings. The third kappa shape index (κ3) is 4.99. The Morgan fingerprint density at radius 3 is 2.10 bits per heavy atom. The normalized spacial score (nSPS) is 19.4. The first-order valence-corrected chi connectivity index (χ1v) is 8.29. The zero-order valence-electron chi connectivity index (χ0n) is 13.4. The molecular formula is C16H29N3O2. The number of rotatable bonds is 8. The van der Waals surface area contributed by atoms with E-state index < -0.39 is 0 Å². The Morgan fingerprint density at radius 2 is 1.62 bits per heavy atom. The van der Waals surface area contributed by atoms with Crippen LogP contribution in [0.5, 0.6) is 0 Å². The fourth-order valence-corrected chi connectivity index (χ4v) is 3.44. The summed E-state index contributed by atoms with van der Waals surface area (Å²) in [6.45, 7) is 5.42. The van der Waals surface area contributed by atoms with Crippen molar-refractivity contribution in [1.29, 1.82) is 0 Å². The summed E-state index contributed by atoms with van der Waals surface area (Å²) < 4.78 is 0. The fraction of sp³-hybridized carbons (Fsp3) is 0.875. The van der Waals surface area contributed by atoms with Crippen molar-refractivity contribution in [3.05, 3.63) is 0 Å². The number of hydrogen-bond acceptors (Lipinski definition) is 3. The predicted octanol–water partition coefficient (Wildman–Crippen LogP) is 1.36. The second kappa shape index (κ2) is 7.25. The zero-order valence-corrected chi connectivity index (χ0v) is 13.4. The first-order chi connectivity index (χ1) is 9.97. The van der Waals surface area contributed by atoms with Gasteiger partial charge in [0, 0.05) is 18.6 Å². The number of nitrogens with two attached hydrogens (primary N) is 1. The Balaban J connectivity index is 1.95. The van der Waals surface area contributed by atoms with Gasteiger partial charge in [0.1, 0.15) is 0 Å². The molecule has 0 radical (unpaired) electrons. The molecule has 0 atom stereocenters. The molecule has 5 nitrogen and oxygen atoms in total. The molecule has 2 saturated carbocycles. The lowest BCUT2D eigenvalue weighted by Gasteiger charge is -2.32. The van der Waals surface area contributed by atoms with Crippen LogP contribution in [0, 0.1) is 5.92 Å². The van der Waals surface area contributed by atoms with Gasteiger partial charge in [-0.1, -0.05) is 26.7 Å². The van der Waals surface area contributed by atoms with Crippen LogP contribution < -0.4 is 5.73 Å². The van der Waals surface area contributed by atoms with E-state index >= 15 is 0 Å². The second-order valence-electron chi connectivity index (χ2n) is 7.00. The third-order valence-corrected chi connectivity index (χ3v) is 4.31. The SMILES string of the molecule is CC(C)CN(CC(N)=O)CC(=O)N(C1CCCC1)C1CC1. The summed E-state index contributed by atoms with van der Waals surface area (Å²) in [5.41, 5.74) is 5.31. The monoisotopic (exact) mass is 295 g/mol. The first kappa shape index (κ1) is 16.3. The summed E-state index contributed by atoms with van der Waals surface area (Å²) in [5, 5.41) is 0. The minimum Gasteiger partial charge on any atom is -0.369 e. The van der Waals surface area contributed by atoms with Gasteiger partial charge in [-0.05, 0) is 31.6 Å². The van der Waals surface area contributed by atoms with Gasteiger partial charge in [-0.25, -0.2) is 0 Å². The van der Waals surface area contributed by atoms with Crippen molar-refractivity contribution < 1.29 is 9.59 Å². The Morgan fingerprint density at radius 1 is 1.05 bits per heavy atom. The highest BCUT2D eigenvalue weighted by Gasteiger charge is 2.38. The molecule has 0 aliphatic heterocycles. The lowest BCUT2D eigenvalue weighted by Crippen LogP contribution is -2.48. The summed E-state index contributed by atoms with van der Waals surface area (Å²) in [6, 6.07) is 0.884. The smallest absolute Gasteiger partial charge is 0.237 e. The summed E-state index contributed by atoms with van der Waals surface area (Å²) in [4.78, 5) is 27.9. The first-order valence-electron chi connectivity index (χ1n) is 8.29. The van der Waals surface area contributed by atoms with Crippen molar-refractivity contribution in [2.45, 2.75) is 64.5 Å². The van der Waals surface area contributed by atoms with Crippen LogP contribution in [0.1, 0.15) is 52.4 Å². The molecule has 0 aromatic heterocycles. The zero-order chi connectivity index (χ0) is 15.4. The van der Waals surface area contributed by atoms with Crippen molar-refractivity contribution in [2.24, 2.45) is 11.7 Å². The van der Waals surface area contributed by atoms with Gasteiger partial charge in [0.05, 0.1) is 13.1 Å². The minimum atomic E-state index is -0.359. The lowest BCUT2D eigenvalue weighted by atomic mass is 10.2. The van der Waals surface area contributed by atoms with Gasteiger partial charge in [0.25, 0.3) is 0 Å². The molecular weight excluding hydrogens is 266 g/mol. The van der Waals surface area contributed by atoms with Gasteiger partial charge in [0.15, 0.2) is 0 Å². The maximum absolute atomic E-state index is 12.7. The molecule has 120 valence electrons. The summed E-state index contributed by atoms with van der Waals surface area (Å²) in [5.74, 6) is 0.242. The van der Waals surface area contributed by atoms with Crippen LogP contribution in [-0.4, -0.2) is 53.3 Å². The van der Waals surface area contributed by atoms with Gasteiger partial charge in [-0.3, -0.25) is 14.5 Å². The van der Waals surface area contributed by atoms with Gasteiger partial charge in [-0.15, -0.1) is 0 Å². The quantitative estimate of drug-likeness (QED) is 0.735. The Labute approximate surface area is 127 Å². The van der Waals surface area contributed by atoms with E-state index in [1.807, 2.05) is 4.90 Å². The van der Waals surface area contributed by atoms with Crippen LogP contribution in [0.3, 0.4) is 0 Å². The average molecular weight is 295 g/mol. The summed E-state index contributed by atoms with van der Waals surface area (Å²) in [7, 11) is 0. The van der Waals surface area contributed by atoms with Crippen LogP contribution in [0.2, 0.25) is 0 Å². The van der Waals surface area contributed by atoms with E-state index in [4.69, 9.17) is 5.73 Å². The molecule has 0 saturated heterocycles. The standard InChI is InChI=1S/C16H29N3O2/c1-12(2)9-18(10-15(17)20)11-16(21)19(14-7-8-14)13-5-3-4-6-13/h12-14H,3-11H2,1-2H3,(H2,17,20). The van der Waals surface area contributed by atoms with Crippen LogP contribution in [0.25, 0.3) is 0 Å². The molecule has 2 fully saturated rings. The Bertz CT molecular complexity index is 374. The molecule has 2 N–H and O–H groups in total. The molecule has 0 aromatic carbocycles. The highest BCUT2D eigenvalue weighted by molar-refractivity contribution is 5.81. The van der Waals surface area contributed by atoms with Gasteiger partial charge in [0.2, 0.25) is 11.8 Å². The van der Waals surface area contributed by atoms with E-state index in [9.17, 15) is 9.59 Å². The fourth-order valence-electron chi connectivity index (χ4n) is 3.44. The van der Waals surface area contributed by atoms with Crippen molar-refractivity contribution in [2.75, 3.05) is 19.6 Å². The largest absolute Gasteiger partial charge is 0.369 e. The summed E-state index contributed by atoms with van der Waals surface area (Å²) in [6.07, 6.45) is 7.03. The van der Waals surface area contributed by atoms with Crippen molar-refractivity contribution in [3.8, 4) is 0 Å². The molecule has 21 heavy (non-hydrogen) atoms. The lowest BCUT2D eigenvalue weighted by molar-refractivity contribution is -0.135. The number of nitrogens with zero attached hydrogens (tertiary/aromatic N) is 2. The third-order valence-electron chi connectivity index (χ3n) is 4.31. The topological polar surface area (TPSA) is 66.6 Å². The minimum absolute atomic E-state index is 0.174. The Hall–Kier alpha value is -1.10. The number of primary amides is 1. The van der Waals surface area contributed by atoms with E-state index in [1.165, 1.54) is 12.8 Å². The van der Waals surface area contributed by atoms with Crippen molar-refractivity contribution in [3.63, 3.8) is 0 Å². The van der Waals surface area contributed by atoms with Crippen LogP contribution in [-0.2, 0) is 9.59 Å². The molecule has 2 amide bonds. The molecule has 5 heteroatoms. The predicted molar refractivity (Wildman–Crippen MR) is 82.6 cm³/mol. The Kier molecular flexibility index (Phi) is 5.62. The summed E-state index contributed by atoms with van der Waals surface area (Å²) >= 11 is 0. The van der Waals surface area contributed by atoms with E-state index in [2.05, 4.69) is 18.7 Å². The van der Waals surface area contributed by atoms with E-state index in [0.717, 1.165) is 32.2 Å². The molecule has 0 bridgehead atoms. The molecule has 2 aliphatic carbocycles. The average Bonchev–Trinajstić information content (AvgIpc) is 3.02. The van der Waals surface area contributed by atoms with Gasteiger partial charge in [-0.2, -0.15) is 0 Å². The van der Waals surface area contributed by atoms with Crippen LogP contribution in [0.15, 0.2) is 0 Å². The van der Waals surface area contributed by atoms with Crippen LogP contribution in [0.4, 0.5) is 0 Å². The molecule has 0 aromatic rings. The maximum atomic E-state index is 12.7. The second-order valence-corrected chi connectivity index (χ2v) is 7.00.